The molecule has 2 heterocycles. The van der Waals surface area contributed by atoms with Gasteiger partial charge in [-0.3, -0.25) is 0 Å². The van der Waals surface area contributed by atoms with E-state index in [4.69, 9.17) is 0 Å². The standard InChI is InChI=1S/C17H22N2S/c1-12-9-15(20-13(12)2)11-18-10-14-5-3-7-17-16(14)6-4-8-19-17/h3,5,7,9,18-19H,4,6,8,10-11H2,1-2H3. The first kappa shape index (κ1) is 13.7. The maximum atomic E-state index is 3.59. The Labute approximate surface area is 125 Å². The van der Waals surface area contributed by atoms with Gasteiger partial charge in [-0.15, -0.1) is 11.3 Å². The van der Waals surface area contributed by atoms with E-state index in [0.29, 0.717) is 0 Å². The lowest BCUT2D eigenvalue weighted by Crippen LogP contribution is -2.17. The zero-order valence-corrected chi connectivity index (χ0v) is 13.1. The third kappa shape index (κ3) is 2.89. The molecule has 0 spiro atoms. The summed E-state index contributed by atoms with van der Waals surface area (Å²) in [6, 6.07) is 8.91. The van der Waals surface area contributed by atoms with Crippen molar-refractivity contribution in [3.05, 3.63) is 50.7 Å². The molecule has 2 N–H and O–H groups in total. The van der Waals surface area contributed by atoms with Gasteiger partial charge in [0.2, 0.25) is 0 Å². The largest absolute Gasteiger partial charge is 0.385 e. The average Bonchev–Trinajstić information content (AvgIpc) is 2.78. The van der Waals surface area contributed by atoms with Crippen LogP contribution in [0.25, 0.3) is 0 Å². The number of aryl methyl sites for hydroxylation is 2. The van der Waals surface area contributed by atoms with Gasteiger partial charge in [0.1, 0.15) is 0 Å². The van der Waals surface area contributed by atoms with Crippen molar-refractivity contribution >= 4 is 17.0 Å². The first-order valence-electron chi connectivity index (χ1n) is 7.35. The molecule has 1 aliphatic rings. The number of hydrogen-bond donors (Lipinski definition) is 2. The Morgan fingerprint density at radius 1 is 1.25 bits per heavy atom. The van der Waals surface area contributed by atoms with Crippen LogP contribution in [0.3, 0.4) is 0 Å². The minimum absolute atomic E-state index is 0.959. The molecule has 3 rings (SSSR count). The fourth-order valence-electron chi connectivity index (χ4n) is 2.81. The normalized spacial score (nSPS) is 13.9. The van der Waals surface area contributed by atoms with Crippen LogP contribution >= 0.6 is 11.3 Å². The maximum absolute atomic E-state index is 3.59. The molecule has 106 valence electrons. The Bertz CT molecular complexity index is 582. The Balaban J connectivity index is 1.64. The summed E-state index contributed by atoms with van der Waals surface area (Å²) in [5.74, 6) is 0. The number of nitrogens with one attached hydrogen (secondary N) is 2. The molecule has 1 aromatic carbocycles. The van der Waals surface area contributed by atoms with Crippen molar-refractivity contribution in [2.24, 2.45) is 0 Å². The predicted octanol–water partition coefficient (Wildman–Crippen LogP) is 4.01. The molecule has 3 heteroatoms. The molecule has 0 aliphatic carbocycles. The summed E-state index contributed by atoms with van der Waals surface area (Å²) in [7, 11) is 0. The van der Waals surface area contributed by atoms with Gasteiger partial charge in [0, 0.05) is 35.1 Å². The highest BCUT2D eigenvalue weighted by Gasteiger charge is 2.11. The van der Waals surface area contributed by atoms with Crippen LogP contribution in [0.15, 0.2) is 24.3 Å². The van der Waals surface area contributed by atoms with E-state index >= 15 is 0 Å². The van der Waals surface area contributed by atoms with Crippen LogP contribution in [0.5, 0.6) is 0 Å². The van der Waals surface area contributed by atoms with Crippen molar-refractivity contribution < 1.29 is 0 Å². The first-order chi connectivity index (χ1) is 9.74. The SMILES string of the molecule is Cc1cc(CNCc2cccc3c2CCCN3)sc1C. The summed E-state index contributed by atoms with van der Waals surface area (Å²) < 4.78 is 0. The van der Waals surface area contributed by atoms with Crippen molar-refractivity contribution in [3.63, 3.8) is 0 Å². The van der Waals surface area contributed by atoms with Crippen molar-refractivity contribution in [1.29, 1.82) is 0 Å². The van der Waals surface area contributed by atoms with Crippen molar-refractivity contribution in [2.75, 3.05) is 11.9 Å². The molecule has 0 saturated carbocycles. The molecule has 0 saturated heterocycles. The fraction of sp³-hybridized carbons (Fsp3) is 0.412. The van der Waals surface area contributed by atoms with E-state index < -0.39 is 0 Å². The number of thiophene rings is 1. The lowest BCUT2D eigenvalue weighted by atomic mass is 9.97. The zero-order valence-electron chi connectivity index (χ0n) is 12.3. The molecule has 0 radical (unpaired) electrons. The molecule has 0 atom stereocenters. The van der Waals surface area contributed by atoms with E-state index in [1.165, 1.54) is 45.0 Å². The van der Waals surface area contributed by atoms with Gasteiger partial charge in [0.05, 0.1) is 0 Å². The van der Waals surface area contributed by atoms with E-state index in [9.17, 15) is 0 Å². The molecule has 1 aromatic heterocycles. The molecule has 0 bridgehead atoms. The summed E-state index contributed by atoms with van der Waals surface area (Å²) in [6.45, 7) is 7.42. The summed E-state index contributed by atoms with van der Waals surface area (Å²) >= 11 is 1.90. The van der Waals surface area contributed by atoms with Gasteiger partial charge in [-0.2, -0.15) is 0 Å². The van der Waals surface area contributed by atoms with E-state index in [-0.39, 0.29) is 0 Å². The second-order valence-corrected chi connectivity index (χ2v) is 6.87. The Kier molecular flexibility index (Phi) is 4.08. The molecule has 2 nitrogen and oxygen atoms in total. The maximum Gasteiger partial charge on any atom is 0.0375 e. The van der Waals surface area contributed by atoms with E-state index in [1.807, 2.05) is 11.3 Å². The monoisotopic (exact) mass is 286 g/mol. The van der Waals surface area contributed by atoms with Crippen molar-refractivity contribution in [1.82, 2.24) is 5.32 Å². The average molecular weight is 286 g/mol. The number of hydrogen-bond acceptors (Lipinski definition) is 3. The number of fused-ring (bicyclic) bond motifs is 1. The van der Waals surface area contributed by atoms with Gasteiger partial charge in [0.25, 0.3) is 0 Å². The summed E-state index contributed by atoms with van der Waals surface area (Å²) in [4.78, 5) is 2.87. The minimum atomic E-state index is 0.959. The summed E-state index contributed by atoms with van der Waals surface area (Å²) in [6.07, 6.45) is 2.45. The third-order valence-corrected chi connectivity index (χ3v) is 5.18. The molecule has 0 fully saturated rings. The zero-order chi connectivity index (χ0) is 13.9. The Morgan fingerprint density at radius 3 is 2.95 bits per heavy atom. The quantitative estimate of drug-likeness (QED) is 0.887. The van der Waals surface area contributed by atoms with Gasteiger partial charge < -0.3 is 10.6 Å². The van der Waals surface area contributed by atoms with Gasteiger partial charge in [-0.25, -0.2) is 0 Å². The molecule has 1 aliphatic heterocycles. The van der Waals surface area contributed by atoms with Gasteiger partial charge >= 0.3 is 0 Å². The predicted molar refractivity (Wildman–Crippen MR) is 87.6 cm³/mol. The van der Waals surface area contributed by atoms with Crippen LogP contribution < -0.4 is 10.6 Å². The second kappa shape index (κ2) is 5.98. The number of anilines is 1. The second-order valence-electron chi connectivity index (χ2n) is 5.53. The number of rotatable bonds is 4. The topological polar surface area (TPSA) is 24.1 Å². The molecular weight excluding hydrogens is 264 g/mol. The fourth-order valence-corrected chi connectivity index (χ4v) is 3.83. The van der Waals surface area contributed by atoms with Crippen molar-refractivity contribution in [2.45, 2.75) is 39.8 Å². The van der Waals surface area contributed by atoms with Gasteiger partial charge in [-0.05, 0) is 55.5 Å². The van der Waals surface area contributed by atoms with Crippen LogP contribution in [0.4, 0.5) is 5.69 Å². The van der Waals surface area contributed by atoms with Crippen LogP contribution in [0, 0.1) is 13.8 Å². The third-order valence-electron chi connectivity index (χ3n) is 4.02. The summed E-state index contributed by atoms with van der Waals surface area (Å²) in [5, 5.41) is 7.09. The highest BCUT2D eigenvalue weighted by Crippen LogP contribution is 2.25. The van der Waals surface area contributed by atoms with Crippen LogP contribution in [-0.2, 0) is 19.5 Å². The lowest BCUT2D eigenvalue weighted by Gasteiger charge is -2.21. The van der Waals surface area contributed by atoms with Crippen molar-refractivity contribution in [3.8, 4) is 0 Å². The number of benzene rings is 1. The van der Waals surface area contributed by atoms with Crippen LogP contribution in [0.2, 0.25) is 0 Å². The smallest absolute Gasteiger partial charge is 0.0375 e. The van der Waals surface area contributed by atoms with E-state index in [0.717, 1.165) is 19.6 Å². The molecule has 0 amide bonds. The lowest BCUT2D eigenvalue weighted by molar-refractivity contribution is 0.689. The van der Waals surface area contributed by atoms with Crippen LogP contribution in [-0.4, -0.2) is 6.54 Å². The van der Waals surface area contributed by atoms with E-state index in [2.05, 4.69) is 48.7 Å². The highest BCUT2D eigenvalue weighted by molar-refractivity contribution is 7.12. The highest BCUT2D eigenvalue weighted by atomic mass is 32.1. The van der Waals surface area contributed by atoms with Gasteiger partial charge in [-0.1, -0.05) is 12.1 Å². The molecule has 0 unspecified atom stereocenters. The molecular formula is C17H22N2S. The van der Waals surface area contributed by atoms with E-state index in [1.54, 1.807) is 0 Å². The molecule has 20 heavy (non-hydrogen) atoms. The Morgan fingerprint density at radius 2 is 2.15 bits per heavy atom. The minimum Gasteiger partial charge on any atom is -0.385 e. The van der Waals surface area contributed by atoms with Gasteiger partial charge in [0.15, 0.2) is 0 Å². The van der Waals surface area contributed by atoms with Crippen LogP contribution in [0.1, 0.15) is 32.9 Å². The Hall–Kier alpha value is -1.32. The molecule has 2 aromatic rings. The first-order valence-corrected chi connectivity index (χ1v) is 8.17. The summed E-state index contributed by atoms with van der Waals surface area (Å²) in [5.41, 5.74) is 5.69.